The molecule has 0 saturated heterocycles. The summed E-state index contributed by atoms with van der Waals surface area (Å²) in [5.41, 5.74) is 0. The maximum Gasteiger partial charge on any atom is -1.00 e. The first-order valence-electron chi connectivity index (χ1n) is 8.62. The molecule has 3 heteroatoms. The van der Waals surface area contributed by atoms with Crippen molar-refractivity contribution in [2.24, 2.45) is 0 Å². The number of halogens is 1. The van der Waals surface area contributed by atoms with Crippen molar-refractivity contribution in [1.82, 2.24) is 0 Å². The van der Waals surface area contributed by atoms with Crippen LogP contribution in [0.5, 0.6) is 0 Å². The second-order valence-corrected chi connectivity index (χ2v) is 16.9. The fourth-order valence-corrected chi connectivity index (χ4v) is 19.4. The van der Waals surface area contributed by atoms with Crippen LogP contribution < -0.4 is 27.4 Å². The predicted octanol–water partition coefficient (Wildman–Crippen LogP) is 0.834. The Bertz CT molecular complexity index is 752. The van der Waals surface area contributed by atoms with Crippen LogP contribution in [0.2, 0.25) is 0 Å². The van der Waals surface area contributed by atoms with Gasteiger partial charge in [-0.3, -0.25) is 0 Å². The standard InChI is InChI=1S/C12H11Si.2C5H5.BrH.Ti/c1-3-7-11(8-4-1)13-12-9-5-2-6-10-12;2*1-2-4-5-3-1;;/h1-10,13H;2*1-3H,4H2;1H;/q;;;;+1/p-1. The molecule has 124 valence electrons. The van der Waals surface area contributed by atoms with Crippen LogP contribution in [0.25, 0.3) is 0 Å². The van der Waals surface area contributed by atoms with Gasteiger partial charge in [0.15, 0.2) is 0 Å². The van der Waals surface area contributed by atoms with E-state index < -0.39 is 23.8 Å². The zero-order valence-electron chi connectivity index (χ0n) is 14.1. The maximum absolute atomic E-state index is 2.43. The first kappa shape index (κ1) is 18.6. The number of benzene rings is 2. The molecule has 0 aliphatic heterocycles. The van der Waals surface area contributed by atoms with Gasteiger partial charge in [-0.05, 0) is 0 Å². The molecule has 0 amide bonds. The molecule has 2 aromatic carbocycles. The van der Waals surface area contributed by atoms with Crippen LogP contribution >= 0.6 is 0 Å². The molecule has 0 unspecified atom stereocenters. The molecule has 0 saturated carbocycles. The molecule has 0 spiro atoms. The van der Waals surface area contributed by atoms with Gasteiger partial charge < -0.3 is 17.0 Å². The molecule has 0 N–H and O–H groups in total. The van der Waals surface area contributed by atoms with Gasteiger partial charge in [0, 0.05) is 0 Å². The van der Waals surface area contributed by atoms with E-state index in [1.165, 1.54) is 12.8 Å². The molecule has 0 radical (unpaired) electrons. The van der Waals surface area contributed by atoms with Gasteiger partial charge in [0.2, 0.25) is 0 Å². The zero-order chi connectivity index (χ0) is 16.2. The molecular weight excluding hydrogens is 420 g/mol. The molecule has 2 aliphatic rings. The summed E-state index contributed by atoms with van der Waals surface area (Å²) in [5.74, 6) is 0. The van der Waals surface area contributed by atoms with E-state index in [2.05, 4.69) is 97.1 Å². The molecule has 2 aromatic rings. The predicted molar refractivity (Wildman–Crippen MR) is 103 cm³/mol. The Balaban J connectivity index is 0.00000182. The first-order chi connectivity index (χ1) is 11.9. The fraction of sp³-hybridized carbons (Fsp3) is 0.0909. The summed E-state index contributed by atoms with van der Waals surface area (Å²) >= 11 is -1.52. The number of allylic oxidation sites excluding steroid dienone is 8. The monoisotopic (exact) mass is 440 g/mol. The summed E-state index contributed by atoms with van der Waals surface area (Å²) in [4.78, 5) is 0. The van der Waals surface area contributed by atoms with Crippen LogP contribution in [0.3, 0.4) is 0 Å². The molecule has 0 heterocycles. The minimum absolute atomic E-state index is 0. The molecule has 0 atom stereocenters. The van der Waals surface area contributed by atoms with Crippen molar-refractivity contribution in [3.05, 3.63) is 105 Å². The van der Waals surface area contributed by atoms with Crippen molar-refractivity contribution in [3.8, 4) is 0 Å². The van der Waals surface area contributed by atoms with Crippen molar-refractivity contribution >= 4 is 17.0 Å². The van der Waals surface area contributed by atoms with E-state index >= 15 is 0 Å². The summed E-state index contributed by atoms with van der Waals surface area (Å²) < 4.78 is 3.52. The van der Waals surface area contributed by atoms with Gasteiger partial charge in [-0.2, -0.15) is 0 Å². The fourth-order valence-electron chi connectivity index (χ4n) is 3.69. The van der Waals surface area contributed by atoms with Crippen molar-refractivity contribution < 1.29 is 34.1 Å². The Morgan fingerprint density at radius 3 is 1.44 bits per heavy atom. The van der Waals surface area contributed by atoms with Crippen LogP contribution in [0.4, 0.5) is 0 Å². The van der Waals surface area contributed by atoms with E-state index in [0.29, 0.717) is 0 Å². The number of hydrogen-bond donors (Lipinski definition) is 0. The summed E-state index contributed by atoms with van der Waals surface area (Å²) in [7, 11) is 0. The summed E-state index contributed by atoms with van der Waals surface area (Å²) in [6.45, 7) is -1.22. The van der Waals surface area contributed by atoms with Crippen LogP contribution in [-0.4, -0.2) is 6.66 Å². The minimum atomic E-state index is -1.52. The first-order valence-corrected chi connectivity index (χ1v) is 14.6. The summed E-state index contributed by atoms with van der Waals surface area (Å²) in [6.07, 6.45) is 16.4. The second kappa shape index (κ2) is 8.96. The van der Waals surface area contributed by atoms with E-state index in [4.69, 9.17) is 0 Å². The average Bonchev–Trinajstić information content (AvgIpc) is 3.35. The smallest absolute Gasteiger partial charge is 1.00 e. The van der Waals surface area contributed by atoms with Crippen LogP contribution in [-0.2, 0) is 17.1 Å². The van der Waals surface area contributed by atoms with Crippen LogP contribution in [0, 0.1) is 0 Å². The third-order valence-corrected chi connectivity index (χ3v) is 19.7. The molecule has 0 aromatic heterocycles. The van der Waals surface area contributed by atoms with E-state index in [-0.39, 0.29) is 17.0 Å². The zero-order valence-corrected chi connectivity index (χ0v) is 18.4. The van der Waals surface area contributed by atoms with Crippen molar-refractivity contribution in [3.63, 3.8) is 0 Å². The average molecular weight is 441 g/mol. The van der Waals surface area contributed by atoms with Gasteiger partial charge in [-0.15, -0.1) is 0 Å². The third-order valence-electron chi connectivity index (χ3n) is 4.79. The van der Waals surface area contributed by atoms with Gasteiger partial charge in [-0.1, -0.05) is 0 Å². The van der Waals surface area contributed by atoms with Crippen LogP contribution in [0.1, 0.15) is 12.8 Å². The van der Waals surface area contributed by atoms with Gasteiger partial charge in [0.1, 0.15) is 0 Å². The largest absolute Gasteiger partial charge is 1.00 e. The normalized spacial score (nSPS) is 15.1. The van der Waals surface area contributed by atoms with E-state index in [9.17, 15) is 0 Å². The molecule has 0 bridgehead atoms. The molecule has 0 fully saturated rings. The Labute approximate surface area is 168 Å². The molecule has 4 rings (SSSR count). The topological polar surface area (TPSA) is 0 Å². The van der Waals surface area contributed by atoms with Crippen LogP contribution in [0.15, 0.2) is 105 Å². The Kier molecular flexibility index (Phi) is 6.66. The molecule has 25 heavy (non-hydrogen) atoms. The van der Waals surface area contributed by atoms with Gasteiger partial charge in [0.25, 0.3) is 0 Å². The van der Waals surface area contributed by atoms with E-state index in [1.807, 2.05) is 0 Å². The van der Waals surface area contributed by atoms with Gasteiger partial charge >= 0.3 is 152 Å². The number of hydrogen-bond acceptors (Lipinski definition) is 0. The van der Waals surface area contributed by atoms with E-state index in [0.717, 1.165) is 0 Å². The number of rotatable bonds is 5. The van der Waals surface area contributed by atoms with E-state index in [1.54, 1.807) is 18.1 Å². The molecular formula is C22H21BrSiTi. The minimum Gasteiger partial charge on any atom is -1.00 e. The SMILES string of the molecule is C1=CC[C]([Ti+]([C]2=CC=CC2)[SiH](c2ccccc2)c2ccccc2)=C1.[Br-]. The van der Waals surface area contributed by atoms with Gasteiger partial charge in [0.05, 0.1) is 0 Å². The van der Waals surface area contributed by atoms with Gasteiger partial charge in [-0.25, -0.2) is 0 Å². The Hall–Kier alpha value is -1.19. The van der Waals surface area contributed by atoms with Crippen molar-refractivity contribution in [1.29, 1.82) is 0 Å². The van der Waals surface area contributed by atoms with Crippen molar-refractivity contribution in [2.75, 3.05) is 0 Å². The molecule has 2 aliphatic carbocycles. The van der Waals surface area contributed by atoms with Crippen molar-refractivity contribution in [2.45, 2.75) is 12.8 Å². The second-order valence-electron chi connectivity index (χ2n) is 6.32. The Morgan fingerprint density at radius 1 is 0.640 bits per heavy atom. The molecule has 0 nitrogen and oxygen atoms in total. The quantitative estimate of drug-likeness (QED) is 0.604. The summed E-state index contributed by atoms with van der Waals surface area (Å²) in [5, 5.41) is 3.22. The maximum atomic E-state index is 2.43. The summed E-state index contributed by atoms with van der Waals surface area (Å²) in [6, 6.07) is 22.7. The third kappa shape index (κ3) is 4.15. The Morgan fingerprint density at radius 2 is 1.08 bits per heavy atom.